The summed E-state index contributed by atoms with van der Waals surface area (Å²) in [5.74, 6) is -0.142. The third-order valence-corrected chi connectivity index (χ3v) is 3.24. The number of thioether (sulfide) groups is 1. The highest BCUT2D eigenvalue weighted by atomic mass is 32.2. The summed E-state index contributed by atoms with van der Waals surface area (Å²) < 4.78 is 36.5. The topological polar surface area (TPSA) is 41.1 Å². The lowest BCUT2D eigenvalue weighted by Crippen LogP contribution is -2.24. The highest BCUT2D eigenvalue weighted by Crippen LogP contribution is 2.36. The molecule has 1 aromatic rings. The predicted octanol–water partition coefficient (Wildman–Crippen LogP) is 4.02. The van der Waals surface area contributed by atoms with E-state index in [1.54, 1.807) is 0 Å². The molecular weight excluding hydrogens is 301 g/mol. The van der Waals surface area contributed by atoms with Gasteiger partial charge in [-0.3, -0.25) is 4.79 Å². The van der Waals surface area contributed by atoms with Crippen molar-refractivity contribution in [2.45, 2.75) is 43.1 Å². The Morgan fingerprint density at radius 1 is 1.24 bits per heavy atom. The van der Waals surface area contributed by atoms with Crippen molar-refractivity contribution in [2.24, 2.45) is 0 Å². The van der Waals surface area contributed by atoms with Gasteiger partial charge in [0, 0.05) is 23.0 Å². The normalized spacial score (nSPS) is 11.7. The number of carbonyl (C=O) groups excluding carboxylic acids is 1. The predicted molar refractivity (Wildman–Crippen MR) is 79.4 cm³/mol. The van der Waals surface area contributed by atoms with Crippen molar-refractivity contribution >= 4 is 23.4 Å². The van der Waals surface area contributed by atoms with Crippen LogP contribution in [0.25, 0.3) is 0 Å². The molecule has 0 aromatic heterocycles. The zero-order chi connectivity index (χ0) is 15.9. The average molecular weight is 320 g/mol. The molecular formula is C14H19F3N2OS. The number of rotatable bonds is 7. The van der Waals surface area contributed by atoms with Gasteiger partial charge in [0.05, 0.1) is 0 Å². The van der Waals surface area contributed by atoms with E-state index in [9.17, 15) is 18.0 Å². The largest absolute Gasteiger partial charge is 0.446 e. The van der Waals surface area contributed by atoms with Crippen LogP contribution in [0.2, 0.25) is 0 Å². The van der Waals surface area contributed by atoms with Crippen molar-refractivity contribution in [3.05, 3.63) is 24.3 Å². The summed E-state index contributed by atoms with van der Waals surface area (Å²) in [6.07, 6.45) is 1.09. The molecule has 0 aliphatic heterocycles. The van der Waals surface area contributed by atoms with Crippen molar-refractivity contribution in [3.8, 4) is 0 Å². The van der Waals surface area contributed by atoms with Gasteiger partial charge in [0.2, 0.25) is 5.91 Å². The summed E-state index contributed by atoms with van der Waals surface area (Å²) in [5, 5.41) is 5.87. The first-order chi connectivity index (χ1) is 9.76. The van der Waals surface area contributed by atoms with Gasteiger partial charge in [0.25, 0.3) is 0 Å². The van der Waals surface area contributed by atoms with E-state index in [4.69, 9.17) is 0 Å². The second-order valence-corrected chi connectivity index (χ2v) is 5.97. The molecule has 0 unspecified atom stereocenters. The van der Waals surface area contributed by atoms with E-state index >= 15 is 0 Å². The van der Waals surface area contributed by atoms with Gasteiger partial charge in [-0.15, -0.1) is 0 Å². The molecule has 1 aromatic carbocycles. The second kappa shape index (κ2) is 8.29. The van der Waals surface area contributed by atoms with Crippen molar-refractivity contribution < 1.29 is 18.0 Å². The Labute approximate surface area is 126 Å². The van der Waals surface area contributed by atoms with Gasteiger partial charge in [0.1, 0.15) is 0 Å². The van der Waals surface area contributed by atoms with Crippen LogP contribution in [-0.2, 0) is 4.79 Å². The van der Waals surface area contributed by atoms with Crippen molar-refractivity contribution in [1.82, 2.24) is 5.32 Å². The quantitative estimate of drug-likeness (QED) is 0.589. The Bertz CT molecular complexity index is 447. The van der Waals surface area contributed by atoms with E-state index in [0.717, 1.165) is 6.54 Å². The minimum absolute atomic E-state index is 0.0987. The van der Waals surface area contributed by atoms with Crippen LogP contribution < -0.4 is 10.6 Å². The number of alkyl halides is 3. The van der Waals surface area contributed by atoms with E-state index < -0.39 is 5.51 Å². The number of amides is 1. The fourth-order valence-corrected chi connectivity index (χ4v) is 2.14. The molecule has 21 heavy (non-hydrogen) atoms. The molecule has 0 aliphatic carbocycles. The van der Waals surface area contributed by atoms with Crippen LogP contribution in [0, 0.1) is 0 Å². The van der Waals surface area contributed by atoms with Gasteiger partial charge in [0.15, 0.2) is 0 Å². The molecule has 1 rings (SSSR count). The highest BCUT2D eigenvalue weighted by Gasteiger charge is 2.28. The van der Waals surface area contributed by atoms with Crippen LogP contribution in [0.15, 0.2) is 29.2 Å². The summed E-state index contributed by atoms with van der Waals surface area (Å²) in [7, 11) is 0. The summed E-state index contributed by atoms with van der Waals surface area (Å²) >= 11 is -0.173. The summed E-state index contributed by atoms with van der Waals surface area (Å²) in [6, 6.07) is 6.01. The average Bonchev–Trinajstić information content (AvgIpc) is 2.35. The van der Waals surface area contributed by atoms with Gasteiger partial charge in [-0.2, -0.15) is 13.2 Å². The van der Waals surface area contributed by atoms with Gasteiger partial charge in [-0.25, -0.2) is 0 Å². The Balaban J connectivity index is 2.36. The molecule has 0 aliphatic rings. The first-order valence-corrected chi connectivity index (χ1v) is 7.47. The number of anilines is 1. The van der Waals surface area contributed by atoms with Crippen LogP contribution in [0.1, 0.15) is 26.7 Å². The second-order valence-electron chi connectivity index (χ2n) is 4.83. The number of hydrogen-bond donors (Lipinski definition) is 2. The molecule has 2 N–H and O–H groups in total. The Morgan fingerprint density at radius 3 is 2.38 bits per heavy atom. The molecule has 0 saturated carbocycles. The summed E-state index contributed by atoms with van der Waals surface area (Å²) in [6.45, 7) is 4.81. The maximum atomic E-state index is 12.2. The highest BCUT2D eigenvalue weighted by molar-refractivity contribution is 8.00. The molecule has 118 valence electrons. The molecule has 0 fully saturated rings. The molecule has 0 spiro atoms. The molecule has 0 bridgehead atoms. The molecule has 0 radical (unpaired) electrons. The number of carbonyl (C=O) groups is 1. The van der Waals surface area contributed by atoms with Crippen molar-refractivity contribution in [2.75, 3.05) is 11.9 Å². The van der Waals surface area contributed by atoms with E-state index in [1.807, 2.05) is 13.8 Å². The van der Waals surface area contributed by atoms with Crippen LogP contribution in [0.3, 0.4) is 0 Å². The Morgan fingerprint density at radius 2 is 1.86 bits per heavy atom. The summed E-state index contributed by atoms with van der Waals surface area (Å²) in [5.41, 5.74) is -3.79. The van der Waals surface area contributed by atoms with Gasteiger partial charge < -0.3 is 10.6 Å². The molecule has 0 heterocycles. The minimum atomic E-state index is -4.30. The maximum absolute atomic E-state index is 12.2. The fourth-order valence-electron chi connectivity index (χ4n) is 1.60. The van der Waals surface area contributed by atoms with Crippen LogP contribution >= 0.6 is 11.8 Å². The first-order valence-electron chi connectivity index (χ1n) is 6.65. The van der Waals surface area contributed by atoms with Gasteiger partial charge in [-0.1, -0.05) is 13.8 Å². The minimum Gasteiger partial charge on any atom is -0.326 e. The SMILES string of the molecule is CC(C)NCCCC(=O)Nc1ccc(SC(F)(F)F)cc1. The van der Waals surface area contributed by atoms with Crippen LogP contribution in [0.5, 0.6) is 0 Å². The van der Waals surface area contributed by atoms with Gasteiger partial charge in [-0.05, 0) is 49.0 Å². The zero-order valence-electron chi connectivity index (χ0n) is 12.0. The van der Waals surface area contributed by atoms with Gasteiger partial charge >= 0.3 is 5.51 Å². The van der Waals surface area contributed by atoms with Crippen LogP contribution in [-0.4, -0.2) is 24.0 Å². The lowest BCUT2D eigenvalue weighted by molar-refractivity contribution is -0.116. The molecule has 1 amide bonds. The molecule has 3 nitrogen and oxygen atoms in total. The van der Waals surface area contributed by atoms with Crippen molar-refractivity contribution in [1.29, 1.82) is 0 Å². The van der Waals surface area contributed by atoms with Crippen LogP contribution in [0.4, 0.5) is 18.9 Å². The first kappa shape index (κ1) is 17.8. The maximum Gasteiger partial charge on any atom is 0.446 e. The molecule has 7 heteroatoms. The Hall–Kier alpha value is -1.21. The van der Waals surface area contributed by atoms with E-state index in [2.05, 4.69) is 10.6 Å². The summed E-state index contributed by atoms with van der Waals surface area (Å²) in [4.78, 5) is 11.7. The van der Waals surface area contributed by atoms with Crippen molar-refractivity contribution in [3.63, 3.8) is 0 Å². The lowest BCUT2D eigenvalue weighted by atomic mass is 10.2. The lowest BCUT2D eigenvalue weighted by Gasteiger charge is -2.09. The number of benzene rings is 1. The zero-order valence-corrected chi connectivity index (χ0v) is 12.8. The molecule has 0 saturated heterocycles. The smallest absolute Gasteiger partial charge is 0.326 e. The number of hydrogen-bond acceptors (Lipinski definition) is 3. The third-order valence-electron chi connectivity index (χ3n) is 2.50. The number of nitrogens with one attached hydrogen (secondary N) is 2. The standard InChI is InChI=1S/C14H19F3N2OS/c1-10(2)18-9-3-4-13(20)19-11-5-7-12(8-6-11)21-14(15,16)17/h5-8,10,18H,3-4,9H2,1-2H3,(H,19,20). The van der Waals surface area contributed by atoms with E-state index in [-0.39, 0.29) is 22.6 Å². The Kier molecular flexibility index (Phi) is 7.04. The van der Waals surface area contributed by atoms with E-state index in [1.165, 1.54) is 24.3 Å². The number of halogens is 3. The fraction of sp³-hybridized carbons (Fsp3) is 0.500. The third kappa shape index (κ3) is 8.62. The van der Waals surface area contributed by atoms with E-state index in [0.29, 0.717) is 24.6 Å². The monoisotopic (exact) mass is 320 g/mol. The molecule has 0 atom stereocenters.